The van der Waals surface area contributed by atoms with Crippen LogP contribution in [0, 0.1) is 5.92 Å². The number of carbonyl (C=O) groups excluding carboxylic acids is 1. The highest BCUT2D eigenvalue weighted by atomic mass is 16.5. The molecule has 1 amide bonds. The zero-order chi connectivity index (χ0) is 18.4. The number of amides is 1. The maximum atomic E-state index is 13.2. The van der Waals surface area contributed by atoms with E-state index in [-0.39, 0.29) is 5.91 Å². The summed E-state index contributed by atoms with van der Waals surface area (Å²) in [6, 6.07) is 17.6. The molecule has 1 heterocycles. The Morgan fingerprint density at radius 3 is 2.35 bits per heavy atom. The summed E-state index contributed by atoms with van der Waals surface area (Å²) in [6.07, 6.45) is 1.39. The molecular weight excluding hydrogens is 326 g/mol. The molecular formula is C22H27NO3. The summed E-state index contributed by atoms with van der Waals surface area (Å²) in [5.74, 6) is 1.33. The van der Waals surface area contributed by atoms with Crippen molar-refractivity contribution in [3.63, 3.8) is 0 Å². The zero-order valence-electron chi connectivity index (χ0n) is 15.5. The van der Waals surface area contributed by atoms with Crippen molar-refractivity contribution in [1.29, 1.82) is 0 Å². The molecule has 4 heteroatoms. The molecule has 0 aromatic heterocycles. The van der Waals surface area contributed by atoms with Gasteiger partial charge in [-0.3, -0.25) is 4.79 Å². The lowest BCUT2D eigenvalue weighted by Gasteiger charge is -2.36. The van der Waals surface area contributed by atoms with Crippen LogP contribution in [0.25, 0.3) is 0 Å². The Kier molecular flexibility index (Phi) is 5.94. The smallest absolute Gasteiger partial charge is 0.235 e. The number of hydrogen-bond acceptors (Lipinski definition) is 3. The molecule has 0 saturated carbocycles. The molecule has 1 saturated heterocycles. The van der Waals surface area contributed by atoms with Gasteiger partial charge in [-0.25, -0.2) is 0 Å². The number of hydrogen-bond donors (Lipinski definition) is 1. The predicted molar refractivity (Wildman–Crippen MR) is 104 cm³/mol. The average molecular weight is 353 g/mol. The molecule has 0 bridgehead atoms. The summed E-state index contributed by atoms with van der Waals surface area (Å²) in [5, 5.41) is 3.09. The average Bonchev–Trinajstić information content (AvgIpc) is 2.68. The Hall–Kier alpha value is -2.33. The van der Waals surface area contributed by atoms with Crippen LogP contribution >= 0.6 is 0 Å². The highest BCUT2D eigenvalue weighted by Gasteiger charge is 2.41. The van der Waals surface area contributed by atoms with E-state index in [1.807, 2.05) is 54.6 Å². The van der Waals surface area contributed by atoms with Crippen LogP contribution < -0.4 is 10.1 Å². The van der Waals surface area contributed by atoms with Crippen LogP contribution in [0.5, 0.6) is 5.75 Å². The zero-order valence-corrected chi connectivity index (χ0v) is 15.5. The second-order valence-corrected chi connectivity index (χ2v) is 7.24. The Morgan fingerprint density at radius 2 is 1.73 bits per heavy atom. The molecule has 1 fully saturated rings. The van der Waals surface area contributed by atoms with Crippen molar-refractivity contribution >= 4 is 11.6 Å². The standard InChI is InChI=1S/C22H27NO3/c1-17(2)16-26-20-10-8-19(9-11-20)23-21(24)22(12-14-25-15-13-22)18-6-4-3-5-7-18/h3-11,17H,12-16H2,1-2H3,(H,23,24). The van der Waals surface area contributed by atoms with Gasteiger partial charge in [0.25, 0.3) is 0 Å². The molecule has 26 heavy (non-hydrogen) atoms. The van der Waals surface area contributed by atoms with E-state index < -0.39 is 5.41 Å². The number of ether oxygens (including phenoxy) is 2. The van der Waals surface area contributed by atoms with Crippen molar-refractivity contribution in [2.45, 2.75) is 32.1 Å². The molecule has 2 aromatic carbocycles. The first kappa shape index (κ1) is 18.5. The van der Waals surface area contributed by atoms with E-state index in [1.165, 1.54) is 0 Å². The molecule has 1 aliphatic heterocycles. The highest BCUT2D eigenvalue weighted by molar-refractivity contribution is 5.99. The molecule has 138 valence electrons. The van der Waals surface area contributed by atoms with E-state index in [2.05, 4.69) is 19.2 Å². The maximum absolute atomic E-state index is 13.2. The summed E-state index contributed by atoms with van der Waals surface area (Å²) in [4.78, 5) is 13.2. The Bertz CT molecular complexity index is 704. The normalized spacial score (nSPS) is 16.3. The lowest BCUT2D eigenvalue weighted by Crippen LogP contribution is -2.44. The summed E-state index contributed by atoms with van der Waals surface area (Å²) in [7, 11) is 0. The monoisotopic (exact) mass is 353 g/mol. The van der Waals surface area contributed by atoms with Crippen LogP contribution in [0.3, 0.4) is 0 Å². The van der Waals surface area contributed by atoms with Crippen LogP contribution in [0.2, 0.25) is 0 Å². The molecule has 0 atom stereocenters. The molecule has 0 unspecified atom stereocenters. The third kappa shape index (κ3) is 4.25. The fourth-order valence-corrected chi connectivity index (χ4v) is 3.27. The van der Waals surface area contributed by atoms with Gasteiger partial charge in [0.15, 0.2) is 0 Å². The van der Waals surface area contributed by atoms with E-state index >= 15 is 0 Å². The van der Waals surface area contributed by atoms with E-state index in [4.69, 9.17) is 9.47 Å². The number of nitrogens with one attached hydrogen (secondary N) is 1. The number of carbonyl (C=O) groups is 1. The second kappa shape index (κ2) is 8.37. The van der Waals surface area contributed by atoms with Gasteiger partial charge in [-0.15, -0.1) is 0 Å². The maximum Gasteiger partial charge on any atom is 0.235 e. The lowest BCUT2D eigenvalue weighted by molar-refractivity contribution is -0.125. The Morgan fingerprint density at radius 1 is 1.08 bits per heavy atom. The van der Waals surface area contributed by atoms with E-state index in [0.717, 1.165) is 17.0 Å². The second-order valence-electron chi connectivity index (χ2n) is 7.24. The molecule has 4 nitrogen and oxygen atoms in total. The van der Waals surface area contributed by atoms with Crippen LogP contribution in [-0.2, 0) is 14.9 Å². The molecule has 1 N–H and O–H groups in total. The predicted octanol–water partition coefficient (Wildman–Crippen LogP) is 4.41. The Labute approximate surface area is 155 Å². The number of benzene rings is 2. The van der Waals surface area contributed by atoms with Gasteiger partial charge in [-0.05, 0) is 48.6 Å². The van der Waals surface area contributed by atoms with Gasteiger partial charge in [-0.2, -0.15) is 0 Å². The minimum Gasteiger partial charge on any atom is -0.493 e. The van der Waals surface area contributed by atoms with E-state index in [1.54, 1.807) is 0 Å². The molecule has 0 spiro atoms. The molecule has 3 rings (SSSR count). The van der Waals surface area contributed by atoms with Gasteiger partial charge in [0.05, 0.1) is 12.0 Å². The molecule has 1 aliphatic rings. The molecule has 0 aliphatic carbocycles. The van der Waals surface area contributed by atoms with Crippen molar-refractivity contribution in [2.24, 2.45) is 5.92 Å². The fourth-order valence-electron chi connectivity index (χ4n) is 3.27. The van der Waals surface area contributed by atoms with Crippen molar-refractivity contribution in [3.05, 3.63) is 60.2 Å². The number of rotatable bonds is 6. The van der Waals surface area contributed by atoms with E-state index in [9.17, 15) is 4.79 Å². The summed E-state index contributed by atoms with van der Waals surface area (Å²) in [5.41, 5.74) is 1.30. The van der Waals surface area contributed by atoms with Crippen molar-refractivity contribution in [1.82, 2.24) is 0 Å². The third-order valence-electron chi connectivity index (χ3n) is 4.80. The van der Waals surface area contributed by atoms with E-state index in [0.29, 0.717) is 38.6 Å². The highest BCUT2D eigenvalue weighted by Crippen LogP contribution is 2.36. The number of anilines is 1. The lowest BCUT2D eigenvalue weighted by atomic mass is 9.73. The first-order valence-corrected chi connectivity index (χ1v) is 9.28. The van der Waals surface area contributed by atoms with Crippen LogP contribution in [-0.4, -0.2) is 25.7 Å². The first-order valence-electron chi connectivity index (χ1n) is 9.28. The van der Waals surface area contributed by atoms with Gasteiger partial charge in [0.2, 0.25) is 5.91 Å². The summed E-state index contributed by atoms with van der Waals surface area (Å²) >= 11 is 0. The quantitative estimate of drug-likeness (QED) is 0.837. The van der Waals surface area contributed by atoms with Crippen molar-refractivity contribution < 1.29 is 14.3 Å². The summed E-state index contributed by atoms with van der Waals surface area (Å²) < 4.78 is 11.2. The molecule has 0 radical (unpaired) electrons. The Balaban J connectivity index is 1.74. The topological polar surface area (TPSA) is 47.6 Å². The largest absolute Gasteiger partial charge is 0.493 e. The summed E-state index contributed by atoms with van der Waals surface area (Å²) in [6.45, 7) is 6.12. The fraction of sp³-hybridized carbons (Fsp3) is 0.409. The van der Waals surface area contributed by atoms with Crippen molar-refractivity contribution in [3.8, 4) is 5.75 Å². The van der Waals surface area contributed by atoms with Crippen LogP contribution in [0.4, 0.5) is 5.69 Å². The van der Waals surface area contributed by atoms with Gasteiger partial charge in [0, 0.05) is 18.9 Å². The van der Waals surface area contributed by atoms with Gasteiger partial charge in [-0.1, -0.05) is 44.2 Å². The van der Waals surface area contributed by atoms with Gasteiger partial charge >= 0.3 is 0 Å². The van der Waals surface area contributed by atoms with Crippen molar-refractivity contribution in [2.75, 3.05) is 25.1 Å². The minimum absolute atomic E-state index is 0.0304. The van der Waals surface area contributed by atoms with Crippen LogP contribution in [0.1, 0.15) is 32.3 Å². The SMILES string of the molecule is CC(C)COc1ccc(NC(=O)C2(c3ccccc3)CCOCC2)cc1. The van der Waals surface area contributed by atoms with Gasteiger partial charge < -0.3 is 14.8 Å². The van der Waals surface area contributed by atoms with Crippen LogP contribution in [0.15, 0.2) is 54.6 Å². The first-order chi connectivity index (χ1) is 12.6. The third-order valence-corrected chi connectivity index (χ3v) is 4.80. The molecule has 2 aromatic rings. The minimum atomic E-state index is -0.535. The van der Waals surface area contributed by atoms with Gasteiger partial charge in [0.1, 0.15) is 5.75 Å².